The van der Waals surface area contributed by atoms with Crippen LogP contribution in [0.5, 0.6) is 5.75 Å². The Kier molecular flexibility index (Phi) is 6.85. The number of hydrogen-bond donors (Lipinski definition) is 0. The van der Waals surface area contributed by atoms with Crippen LogP contribution in [0.2, 0.25) is 0 Å². The quantitative estimate of drug-likeness (QED) is 0.394. The summed E-state index contributed by atoms with van der Waals surface area (Å²) in [5, 5.41) is 0. The van der Waals surface area contributed by atoms with E-state index < -0.39 is 23.7 Å². The van der Waals surface area contributed by atoms with Gasteiger partial charge in [0.2, 0.25) is 5.75 Å². The van der Waals surface area contributed by atoms with Gasteiger partial charge in [-0.25, -0.2) is 8.78 Å². The van der Waals surface area contributed by atoms with Crippen LogP contribution >= 0.6 is 0 Å². The molecule has 2 rings (SSSR count). The fourth-order valence-electron chi connectivity index (χ4n) is 3.50. The first kappa shape index (κ1) is 19.7. The Balaban J connectivity index is 1.86. The smallest absolute Gasteiger partial charge is 0.399 e. The van der Waals surface area contributed by atoms with Gasteiger partial charge in [-0.1, -0.05) is 31.8 Å². The lowest BCUT2D eigenvalue weighted by Crippen LogP contribution is -2.19. The molecule has 1 aromatic rings. The molecule has 1 aliphatic rings. The molecule has 25 heavy (non-hydrogen) atoms. The normalized spacial score (nSPS) is 21.2. The van der Waals surface area contributed by atoms with Crippen molar-refractivity contribution in [2.75, 3.05) is 0 Å². The van der Waals surface area contributed by atoms with Crippen LogP contribution < -0.4 is 4.74 Å². The number of halogens is 5. The molecule has 0 unspecified atom stereocenters. The summed E-state index contributed by atoms with van der Waals surface area (Å²) >= 11 is 0. The molecule has 1 saturated carbocycles. The molecular formula is C19H23F5O. The van der Waals surface area contributed by atoms with Crippen molar-refractivity contribution in [2.24, 2.45) is 11.8 Å². The van der Waals surface area contributed by atoms with Gasteiger partial charge in [0.1, 0.15) is 0 Å². The molecule has 0 N–H and O–H groups in total. The van der Waals surface area contributed by atoms with Crippen LogP contribution in [-0.2, 0) is 6.42 Å². The molecule has 0 spiro atoms. The predicted molar refractivity (Wildman–Crippen MR) is 86.2 cm³/mol. The molecule has 0 heterocycles. The van der Waals surface area contributed by atoms with E-state index in [1.165, 1.54) is 0 Å². The van der Waals surface area contributed by atoms with Crippen molar-refractivity contribution >= 4 is 0 Å². The summed E-state index contributed by atoms with van der Waals surface area (Å²) in [6.07, 6.45) is 4.71. The third kappa shape index (κ3) is 6.33. The largest absolute Gasteiger partial charge is 0.573 e. The third-order valence-electron chi connectivity index (χ3n) is 4.86. The minimum Gasteiger partial charge on any atom is -0.399 e. The van der Waals surface area contributed by atoms with Crippen molar-refractivity contribution in [2.45, 2.75) is 57.7 Å². The number of aryl methyl sites for hydroxylation is 1. The highest BCUT2D eigenvalue weighted by Gasteiger charge is 2.34. The molecule has 0 radical (unpaired) electrons. The Bertz CT molecular complexity index is 551. The topological polar surface area (TPSA) is 9.23 Å². The van der Waals surface area contributed by atoms with E-state index in [1.54, 1.807) is 0 Å². The lowest BCUT2D eigenvalue weighted by molar-refractivity contribution is -0.276. The summed E-state index contributed by atoms with van der Waals surface area (Å²) < 4.78 is 67.2. The molecule has 0 bridgehead atoms. The fourth-order valence-corrected chi connectivity index (χ4v) is 3.50. The van der Waals surface area contributed by atoms with Gasteiger partial charge in [0, 0.05) is 0 Å². The van der Waals surface area contributed by atoms with E-state index in [2.05, 4.69) is 11.3 Å². The number of alkyl halides is 3. The SMILES string of the molecule is C=CCCC1CCC(CCc2cc(F)c(OC(F)(F)F)c(F)c2)CC1. The zero-order valence-corrected chi connectivity index (χ0v) is 14.0. The molecule has 1 aliphatic carbocycles. The van der Waals surface area contributed by atoms with Gasteiger partial charge in [-0.3, -0.25) is 0 Å². The van der Waals surface area contributed by atoms with Crippen molar-refractivity contribution in [1.82, 2.24) is 0 Å². The molecule has 0 saturated heterocycles. The molecule has 1 nitrogen and oxygen atoms in total. The standard InChI is InChI=1S/C19H23F5O/c1-2-3-4-13-5-7-14(8-6-13)9-10-15-11-16(20)18(17(21)12-15)25-19(22,23)24/h2,11-14H,1,3-10H2. The van der Waals surface area contributed by atoms with Gasteiger partial charge < -0.3 is 4.74 Å². The van der Waals surface area contributed by atoms with Crippen LogP contribution in [0, 0.1) is 23.5 Å². The maximum absolute atomic E-state index is 13.7. The molecule has 0 aliphatic heterocycles. The first-order chi connectivity index (χ1) is 11.8. The summed E-state index contributed by atoms with van der Waals surface area (Å²) in [6.45, 7) is 3.73. The second-order valence-electron chi connectivity index (χ2n) is 6.73. The van der Waals surface area contributed by atoms with Gasteiger partial charge in [-0.2, -0.15) is 0 Å². The van der Waals surface area contributed by atoms with Gasteiger partial charge in [0.15, 0.2) is 11.6 Å². The van der Waals surface area contributed by atoms with E-state index >= 15 is 0 Å². The molecule has 140 valence electrons. The van der Waals surface area contributed by atoms with Crippen LogP contribution in [0.15, 0.2) is 24.8 Å². The molecule has 0 atom stereocenters. The van der Waals surface area contributed by atoms with Crippen LogP contribution in [0.1, 0.15) is 50.5 Å². The number of allylic oxidation sites excluding steroid dienone is 1. The van der Waals surface area contributed by atoms with Crippen LogP contribution in [0.4, 0.5) is 22.0 Å². The first-order valence-electron chi connectivity index (χ1n) is 8.63. The highest BCUT2D eigenvalue weighted by molar-refractivity contribution is 5.31. The predicted octanol–water partition coefficient (Wildman–Crippen LogP) is 6.57. The third-order valence-corrected chi connectivity index (χ3v) is 4.86. The molecule has 0 aromatic heterocycles. The van der Waals surface area contributed by atoms with Gasteiger partial charge in [0.25, 0.3) is 0 Å². The van der Waals surface area contributed by atoms with Gasteiger partial charge in [-0.15, -0.1) is 19.8 Å². The maximum atomic E-state index is 13.7. The maximum Gasteiger partial charge on any atom is 0.573 e. The summed E-state index contributed by atoms with van der Waals surface area (Å²) in [5.41, 5.74) is 0.360. The Labute approximate surface area is 144 Å². The average Bonchev–Trinajstić information content (AvgIpc) is 2.54. The van der Waals surface area contributed by atoms with E-state index in [-0.39, 0.29) is 0 Å². The Morgan fingerprint density at radius 3 is 2.00 bits per heavy atom. The fraction of sp³-hybridized carbons (Fsp3) is 0.579. The first-order valence-corrected chi connectivity index (χ1v) is 8.63. The molecule has 1 fully saturated rings. The number of benzene rings is 1. The minimum atomic E-state index is -5.12. The van der Waals surface area contributed by atoms with Crippen LogP contribution in [-0.4, -0.2) is 6.36 Å². The Hall–Kier alpha value is -1.59. The van der Waals surface area contributed by atoms with Crippen molar-refractivity contribution in [3.63, 3.8) is 0 Å². The van der Waals surface area contributed by atoms with Gasteiger partial charge >= 0.3 is 6.36 Å². The number of hydrogen-bond acceptors (Lipinski definition) is 1. The van der Waals surface area contributed by atoms with E-state index in [1.807, 2.05) is 6.08 Å². The summed E-state index contributed by atoms with van der Waals surface area (Å²) in [6, 6.07) is 1.86. The van der Waals surface area contributed by atoms with E-state index in [0.29, 0.717) is 17.9 Å². The van der Waals surface area contributed by atoms with E-state index in [9.17, 15) is 22.0 Å². The molecule has 0 amide bonds. The highest BCUT2D eigenvalue weighted by Crippen LogP contribution is 2.35. The second kappa shape index (κ2) is 8.68. The minimum absolute atomic E-state index is 0.360. The molecular weight excluding hydrogens is 339 g/mol. The van der Waals surface area contributed by atoms with Crippen LogP contribution in [0.25, 0.3) is 0 Å². The monoisotopic (exact) mass is 362 g/mol. The lowest BCUT2D eigenvalue weighted by Gasteiger charge is -2.28. The summed E-state index contributed by atoms with van der Waals surface area (Å²) in [4.78, 5) is 0. The molecule has 6 heteroatoms. The van der Waals surface area contributed by atoms with E-state index in [4.69, 9.17) is 0 Å². The average molecular weight is 362 g/mol. The molecule has 1 aromatic carbocycles. The van der Waals surface area contributed by atoms with Crippen molar-refractivity contribution in [3.05, 3.63) is 42.0 Å². The zero-order chi connectivity index (χ0) is 18.4. The van der Waals surface area contributed by atoms with Crippen molar-refractivity contribution in [3.8, 4) is 5.75 Å². The summed E-state index contributed by atoms with van der Waals surface area (Å²) in [5.74, 6) is -2.81. The van der Waals surface area contributed by atoms with Crippen molar-refractivity contribution < 1.29 is 26.7 Å². The Morgan fingerprint density at radius 2 is 1.52 bits per heavy atom. The van der Waals surface area contributed by atoms with Gasteiger partial charge in [-0.05, 0) is 55.2 Å². The van der Waals surface area contributed by atoms with Crippen molar-refractivity contribution in [1.29, 1.82) is 0 Å². The second-order valence-corrected chi connectivity index (χ2v) is 6.73. The summed E-state index contributed by atoms with van der Waals surface area (Å²) in [7, 11) is 0. The van der Waals surface area contributed by atoms with Gasteiger partial charge in [0.05, 0.1) is 0 Å². The highest BCUT2D eigenvalue weighted by atomic mass is 19.4. The lowest BCUT2D eigenvalue weighted by atomic mass is 9.78. The van der Waals surface area contributed by atoms with E-state index in [0.717, 1.165) is 63.0 Å². The Morgan fingerprint density at radius 1 is 1.00 bits per heavy atom. The number of rotatable bonds is 7. The number of ether oxygens (including phenoxy) is 1. The zero-order valence-electron chi connectivity index (χ0n) is 14.0. The van der Waals surface area contributed by atoms with Crippen LogP contribution in [0.3, 0.4) is 0 Å².